The highest BCUT2D eigenvalue weighted by atomic mass is 35.5. The van der Waals surface area contributed by atoms with Crippen LogP contribution in [-0.4, -0.2) is 65.3 Å². The second-order valence-electron chi connectivity index (χ2n) is 6.33. The van der Waals surface area contributed by atoms with E-state index in [1.165, 1.54) is 11.3 Å². The highest BCUT2D eigenvalue weighted by molar-refractivity contribution is 5.86. The maximum atomic E-state index is 12.3. The molecule has 0 bridgehead atoms. The Hall–Kier alpha value is -0.530. The van der Waals surface area contributed by atoms with Crippen LogP contribution in [-0.2, 0) is 18.4 Å². The van der Waals surface area contributed by atoms with Crippen LogP contribution in [0.25, 0.3) is 0 Å². The normalized spacial score (nSPS) is 15.6. The Balaban J connectivity index is 0. The van der Waals surface area contributed by atoms with Crippen molar-refractivity contribution in [3.63, 3.8) is 0 Å². The minimum Gasteiger partial charge on any atom is -0.340 e. The Morgan fingerprint density at radius 2 is 1.72 bits per heavy atom. The number of amides is 1. The number of nitrogens with zero attached hydrogens (tertiary/aromatic N) is 4. The van der Waals surface area contributed by atoms with E-state index in [9.17, 15) is 4.79 Å². The fourth-order valence-electron chi connectivity index (χ4n) is 3.10. The Morgan fingerprint density at radius 3 is 2.16 bits per heavy atom. The van der Waals surface area contributed by atoms with Gasteiger partial charge in [-0.2, -0.15) is 5.10 Å². The number of carbonyl (C=O) groups is 1. The first kappa shape index (κ1) is 26.7. The average molecular weight is 417 g/mol. The summed E-state index contributed by atoms with van der Waals surface area (Å²) in [6.45, 7) is 11.4. The molecule has 0 radical (unpaired) electrons. The van der Waals surface area contributed by atoms with Gasteiger partial charge in [0.05, 0.1) is 5.69 Å². The van der Waals surface area contributed by atoms with Crippen LogP contribution in [0.5, 0.6) is 0 Å². The largest absolute Gasteiger partial charge is 0.340 e. The molecule has 1 saturated heterocycles. The van der Waals surface area contributed by atoms with Crippen LogP contribution in [0.1, 0.15) is 23.9 Å². The van der Waals surface area contributed by atoms with Crippen LogP contribution in [0.2, 0.25) is 0 Å². The molecule has 1 fully saturated rings. The molecule has 1 aliphatic rings. The van der Waals surface area contributed by atoms with Gasteiger partial charge < -0.3 is 10.2 Å². The second kappa shape index (κ2) is 12.0. The number of nitrogens with one attached hydrogen (secondary N) is 1. The molecule has 1 amide bonds. The van der Waals surface area contributed by atoms with Crippen LogP contribution < -0.4 is 5.32 Å². The quantitative estimate of drug-likeness (QED) is 0.795. The van der Waals surface area contributed by atoms with Crippen molar-refractivity contribution in [3.8, 4) is 0 Å². The SMILES string of the molecule is CNCC(C)C(=O)N1CCN(Cc2c(C)nn(C)c2C)CC1.Cl.Cl.Cl. The van der Waals surface area contributed by atoms with Crippen molar-refractivity contribution in [1.82, 2.24) is 24.9 Å². The van der Waals surface area contributed by atoms with Gasteiger partial charge in [-0.25, -0.2) is 0 Å². The summed E-state index contributed by atoms with van der Waals surface area (Å²) in [5.74, 6) is 0.321. The number of carbonyl (C=O) groups excluding carboxylic acids is 1. The van der Waals surface area contributed by atoms with E-state index in [4.69, 9.17) is 0 Å². The molecule has 2 heterocycles. The van der Waals surface area contributed by atoms with E-state index in [0.717, 1.165) is 45.0 Å². The molecular formula is C16H32Cl3N5O. The lowest BCUT2D eigenvalue weighted by molar-refractivity contribution is -0.136. The van der Waals surface area contributed by atoms with Crippen LogP contribution in [0.15, 0.2) is 0 Å². The summed E-state index contributed by atoms with van der Waals surface area (Å²) in [6.07, 6.45) is 0. The first-order chi connectivity index (χ1) is 10.4. The minimum absolute atomic E-state index is 0. The van der Waals surface area contributed by atoms with Crippen molar-refractivity contribution in [2.75, 3.05) is 39.8 Å². The van der Waals surface area contributed by atoms with Crippen molar-refractivity contribution in [2.24, 2.45) is 13.0 Å². The third-order valence-corrected chi connectivity index (χ3v) is 4.66. The standard InChI is InChI=1S/C16H29N5O.3ClH/c1-12(10-17-4)16(22)21-8-6-20(7-9-21)11-15-13(2)18-19(5)14(15)3;;;/h12,17H,6-11H2,1-5H3;3*1H. The number of hydrogen-bond acceptors (Lipinski definition) is 4. The lowest BCUT2D eigenvalue weighted by Crippen LogP contribution is -2.50. The minimum atomic E-state index is 0. The van der Waals surface area contributed by atoms with Gasteiger partial charge in [0.2, 0.25) is 5.91 Å². The molecule has 1 unspecified atom stereocenters. The number of aromatic nitrogens is 2. The zero-order chi connectivity index (χ0) is 16.3. The van der Waals surface area contributed by atoms with Gasteiger partial charge in [0.15, 0.2) is 0 Å². The fourth-order valence-corrected chi connectivity index (χ4v) is 3.10. The summed E-state index contributed by atoms with van der Waals surface area (Å²) in [5, 5.41) is 7.56. The Labute approximate surface area is 169 Å². The molecule has 0 aliphatic carbocycles. The molecule has 1 aromatic heterocycles. The van der Waals surface area contributed by atoms with E-state index in [0.29, 0.717) is 0 Å². The Kier molecular flexibility index (Phi) is 12.8. The number of rotatable bonds is 5. The predicted octanol–water partition coefficient (Wildman–Crippen LogP) is 1.80. The van der Waals surface area contributed by atoms with Crippen LogP contribution in [0.3, 0.4) is 0 Å². The van der Waals surface area contributed by atoms with E-state index in [2.05, 4.69) is 29.2 Å². The second-order valence-corrected chi connectivity index (χ2v) is 6.33. The van der Waals surface area contributed by atoms with Gasteiger partial charge in [-0.1, -0.05) is 6.92 Å². The van der Waals surface area contributed by atoms with Gasteiger partial charge in [0.25, 0.3) is 0 Å². The smallest absolute Gasteiger partial charge is 0.226 e. The Bertz CT molecular complexity index is 530. The lowest BCUT2D eigenvalue weighted by Gasteiger charge is -2.36. The third kappa shape index (κ3) is 6.61. The molecular weight excluding hydrogens is 385 g/mol. The molecule has 1 N–H and O–H groups in total. The van der Waals surface area contributed by atoms with Crippen molar-refractivity contribution < 1.29 is 4.79 Å². The van der Waals surface area contributed by atoms with E-state index in [1.807, 2.05) is 30.6 Å². The third-order valence-electron chi connectivity index (χ3n) is 4.66. The van der Waals surface area contributed by atoms with E-state index < -0.39 is 0 Å². The molecule has 6 nitrogen and oxygen atoms in total. The van der Waals surface area contributed by atoms with Crippen molar-refractivity contribution in [1.29, 1.82) is 0 Å². The summed E-state index contributed by atoms with van der Waals surface area (Å²) in [6, 6.07) is 0. The van der Waals surface area contributed by atoms with Crippen molar-refractivity contribution in [3.05, 3.63) is 17.0 Å². The molecule has 0 aromatic carbocycles. The fraction of sp³-hybridized carbons (Fsp3) is 0.750. The van der Waals surface area contributed by atoms with Gasteiger partial charge in [-0.05, 0) is 20.9 Å². The number of aryl methyl sites for hydroxylation is 2. The van der Waals surface area contributed by atoms with Gasteiger partial charge in [0, 0.05) is 63.5 Å². The zero-order valence-electron chi connectivity index (χ0n) is 15.7. The molecule has 0 saturated carbocycles. The lowest BCUT2D eigenvalue weighted by atomic mass is 10.1. The van der Waals surface area contributed by atoms with Gasteiger partial charge in [-0.15, -0.1) is 37.2 Å². The zero-order valence-corrected chi connectivity index (χ0v) is 18.2. The van der Waals surface area contributed by atoms with Crippen LogP contribution in [0.4, 0.5) is 0 Å². The maximum Gasteiger partial charge on any atom is 0.226 e. The van der Waals surface area contributed by atoms with Crippen LogP contribution in [0, 0.1) is 19.8 Å². The number of hydrogen-bond donors (Lipinski definition) is 1. The predicted molar refractivity (Wildman–Crippen MR) is 109 cm³/mol. The van der Waals surface area contributed by atoms with Gasteiger partial charge in [0.1, 0.15) is 0 Å². The highest BCUT2D eigenvalue weighted by Crippen LogP contribution is 2.16. The summed E-state index contributed by atoms with van der Waals surface area (Å²) < 4.78 is 1.95. The Morgan fingerprint density at radius 1 is 1.16 bits per heavy atom. The first-order valence-electron chi connectivity index (χ1n) is 8.08. The molecule has 1 aliphatic heterocycles. The summed E-state index contributed by atoms with van der Waals surface area (Å²) in [7, 11) is 3.88. The number of halogens is 3. The first-order valence-corrected chi connectivity index (χ1v) is 8.08. The topological polar surface area (TPSA) is 53.4 Å². The van der Waals surface area contributed by atoms with Gasteiger partial charge >= 0.3 is 0 Å². The van der Waals surface area contributed by atoms with Gasteiger partial charge in [-0.3, -0.25) is 14.4 Å². The van der Waals surface area contributed by atoms with Crippen molar-refractivity contribution in [2.45, 2.75) is 27.3 Å². The molecule has 25 heavy (non-hydrogen) atoms. The highest BCUT2D eigenvalue weighted by Gasteiger charge is 2.25. The summed E-state index contributed by atoms with van der Waals surface area (Å²) in [4.78, 5) is 16.7. The molecule has 9 heteroatoms. The van der Waals surface area contributed by atoms with E-state index in [1.54, 1.807) is 0 Å². The average Bonchev–Trinajstić information content (AvgIpc) is 2.74. The molecule has 0 spiro atoms. The summed E-state index contributed by atoms with van der Waals surface area (Å²) in [5.41, 5.74) is 3.67. The molecule has 2 rings (SSSR count). The monoisotopic (exact) mass is 415 g/mol. The molecule has 148 valence electrons. The van der Waals surface area contributed by atoms with E-state index in [-0.39, 0.29) is 49.0 Å². The van der Waals surface area contributed by atoms with Crippen LogP contribution >= 0.6 is 37.2 Å². The summed E-state index contributed by atoms with van der Waals surface area (Å²) >= 11 is 0. The van der Waals surface area contributed by atoms with E-state index >= 15 is 0 Å². The number of piperazine rings is 1. The molecule has 1 atom stereocenters. The maximum absolute atomic E-state index is 12.3. The molecule has 1 aromatic rings. The van der Waals surface area contributed by atoms with Crippen molar-refractivity contribution >= 4 is 43.1 Å².